The molecule has 1 saturated carbocycles. The van der Waals surface area contributed by atoms with Crippen molar-refractivity contribution < 1.29 is 14.3 Å². The molecule has 21 heavy (non-hydrogen) atoms. The van der Waals surface area contributed by atoms with Crippen LogP contribution in [0.5, 0.6) is 0 Å². The summed E-state index contributed by atoms with van der Waals surface area (Å²) in [5, 5.41) is 8.92. The van der Waals surface area contributed by atoms with E-state index in [1.165, 1.54) is 12.1 Å². The fourth-order valence-electron chi connectivity index (χ4n) is 3.14. The number of aliphatic hydroxyl groups is 1. The van der Waals surface area contributed by atoms with Gasteiger partial charge >= 0.3 is 0 Å². The zero-order valence-electron chi connectivity index (χ0n) is 12.0. The highest BCUT2D eigenvalue weighted by atomic mass is 19.1. The highest BCUT2D eigenvalue weighted by Gasteiger charge is 2.46. The molecule has 1 aliphatic carbocycles. The van der Waals surface area contributed by atoms with Gasteiger partial charge in [-0.1, -0.05) is 12.1 Å². The van der Waals surface area contributed by atoms with Gasteiger partial charge in [0.1, 0.15) is 5.82 Å². The second kappa shape index (κ2) is 6.12. The number of piperazine rings is 1. The Kier molecular flexibility index (Phi) is 4.22. The molecule has 1 aromatic rings. The zero-order valence-corrected chi connectivity index (χ0v) is 12.0. The third-order valence-electron chi connectivity index (χ3n) is 4.48. The van der Waals surface area contributed by atoms with Gasteiger partial charge in [0.15, 0.2) is 0 Å². The average molecular weight is 292 g/mol. The predicted octanol–water partition coefficient (Wildman–Crippen LogP) is 1.07. The number of rotatable bonds is 4. The Morgan fingerprint density at radius 1 is 1.29 bits per heavy atom. The Balaban J connectivity index is 1.54. The first-order valence-electron chi connectivity index (χ1n) is 7.56. The lowest BCUT2D eigenvalue weighted by Gasteiger charge is -2.34. The molecular weight excluding hydrogens is 271 g/mol. The molecule has 4 nitrogen and oxygen atoms in total. The van der Waals surface area contributed by atoms with Crippen molar-refractivity contribution >= 4 is 5.91 Å². The van der Waals surface area contributed by atoms with E-state index in [0.717, 1.165) is 38.2 Å². The Bertz CT molecular complexity index is 515. The first-order chi connectivity index (χ1) is 10.2. The maximum Gasteiger partial charge on any atom is 0.226 e. The van der Waals surface area contributed by atoms with E-state index in [9.17, 15) is 9.18 Å². The lowest BCUT2D eigenvalue weighted by molar-refractivity contribution is -0.134. The van der Waals surface area contributed by atoms with Crippen molar-refractivity contribution in [3.05, 3.63) is 35.6 Å². The van der Waals surface area contributed by atoms with Gasteiger partial charge in [-0.2, -0.15) is 0 Å². The number of carbonyl (C=O) groups excluding carboxylic acids is 1. The molecule has 2 fully saturated rings. The number of hydrogen-bond acceptors (Lipinski definition) is 3. The third kappa shape index (κ3) is 3.24. The molecule has 1 N–H and O–H groups in total. The quantitative estimate of drug-likeness (QED) is 0.902. The van der Waals surface area contributed by atoms with Crippen LogP contribution in [0, 0.1) is 11.7 Å². The van der Waals surface area contributed by atoms with E-state index in [1.807, 2.05) is 11.0 Å². The van der Waals surface area contributed by atoms with Crippen LogP contribution in [-0.2, 0) is 4.79 Å². The van der Waals surface area contributed by atoms with Gasteiger partial charge in [-0.25, -0.2) is 4.39 Å². The monoisotopic (exact) mass is 292 g/mol. The normalized spacial score (nSPS) is 25.9. The molecule has 0 radical (unpaired) electrons. The second-order valence-corrected chi connectivity index (χ2v) is 5.89. The molecule has 2 atom stereocenters. The Hall–Kier alpha value is -1.46. The van der Waals surface area contributed by atoms with Gasteiger partial charge in [0, 0.05) is 38.6 Å². The number of benzene rings is 1. The SMILES string of the molecule is O=C(C1CC1c1cccc(F)c1)N1CCN(CCO)CC1. The summed E-state index contributed by atoms with van der Waals surface area (Å²) in [4.78, 5) is 16.5. The van der Waals surface area contributed by atoms with E-state index in [-0.39, 0.29) is 30.2 Å². The number of halogens is 1. The minimum atomic E-state index is -0.233. The first kappa shape index (κ1) is 14.5. The van der Waals surface area contributed by atoms with Crippen molar-refractivity contribution in [2.45, 2.75) is 12.3 Å². The van der Waals surface area contributed by atoms with E-state index in [2.05, 4.69) is 4.90 Å². The molecular formula is C16H21FN2O2. The summed E-state index contributed by atoms with van der Waals surface area (Å²) in [6.45, 7) is 3.94. The molecule has 0 spiro atoms. The van der Waals surface area contributed by atoms with Crippen LogP contribution in [0.25, 0.3) is 0 Å². The topological polar surface area (TPSA) is 43.8 Å². The number of hydrogen-bond donors (Lipinski definition) is 1. The van der Waals surface area contributed by atoms with Crippen molar-refractivity contribution in [1.29, 1.82) is 0 Å². The van der Waals surface area contributed by atoms with Crippen molar-refractivity contribution in [3.8, 4) is 0 Å². The molecule has 0 aromatic heterocycles. The van der Waals surface area contributed by atoms with E-state index < -0.39 is 0 Å². The largest absolute Gasteiger partial charge is 0.395 e. The van der Waals surface area contributed by atoms with Gasteiger partial charge in [0.25, 0.3) is 0 Å². The van der Waals surface area contributed by atoms with E-state index in [4.69, 9.17) is 5.11 Å². The molecule has 1 saturated heterocycles. The molecule has 114 valence electrons. The van der Waals surface area contributed by atoms with Gasteiger partial charge in [-0.3, -0.25) is 9.69 Å². The summed E-state index contributed by atoms with van der Waals surface area (Å²) >= 11 is 0. The summed E-state index contributed by atoms with van der Waals surface area (Å²) in [6.07, 6.45) is 0.832. The van der Waals surface area contributed by atoms with Crippen LogP contribution in [0.1, 0.15) is 17.9 Å². The average Bonchev–Trinajstić information content (AvgIpc) is 3.28. The fourth-order valence-corrected chi connectivity index (χ4v) is 3.14. The van der Waals surface area contributed by atoms with Crippen LogP contribution in [0.2, 0.25) is 0 Å². The highest BCUT2D eigenvalue weighted by molar-refractivity contribution is 5.83. The van der Waals surface area contributed by atoms with Gasteiger partial charge < -0.3 is 10.0 Å². The zero-order chi connectivity index (χ0) is 14.8. The molecule has 5 heteroatoms. The standard InChI is InChI=1S/C16H21FN2O2/c17-13-3-1-2-12(10-13)14-11-15(14)16(21)19-6-4-18(5-7-19)8-9-20/h1-3,10,14-15,20H,4-9,11H2. The van der Waals surface area contributed by atoms with Crippen molar-refractivity contribution in [2.75, 3.05) is 39.3 Å². The van der Waals surface area contributed by atoms with Crippen LogP contribution in [0.15, 0.2) is 24.3 Å². The lowest BCUT2D eigenvalue weighted by atomic mass is 10.1. The van der Waals surface area contributed by atoms with Crippen LogP contribution in [0.3, 0.4) is 0 Å². The van der Waals surface area contributed by atoms with Crippen molar-refractivity contribution in [2.24, 2.45) is 5.92 Å². The second-order valence-electron chi connectivity index (χ2n) is 5.89. The van der Waals surface area contributed by atoms with Crippen LogP contribution in [-0.4, -0.2) is 60.1 Å². The number of β-amino-alcohol motifs (C(OH)–C–C–N with tert-alkyl or cyclic N) is 1. The van der Waals surface area contributed by atoms with Gasteiger partial charge in [-0.05, 0) is 30.0 Å². The predicted molar refractivity (Wildman–Crippen MR) is 77.4 cm³/mol. The first-order valence-corrected chi connectivity index (χ1v) is 7.56. The Morgan fingerprint density at radius 2 is 2.05 bits per heavy atom. The number of amides is 1. The van der Waals surface area contributed by atoms with Crippen LogP contribution < -0.4 is 0 Å². The summed E-state index contributed by atoms with van der Waals surface area (Å²) in [6, 6.07) is 6.58. The molecule has 0 bridgehead atoms. The van der Waals surface area contributed by atoms with Gasteiger partial charge in [0.05, 0.1) is 6.61 Å². The smallest absolute Gasteiger partial charge is 0.226 e. The lowest BCUT2D eigenvalue weighted by Crippen LogP contribution is -2.49. The molecule has 2 aliphatic rings. The molecule has 1 amide bonds. The summed E-state index contributed by atoms with van der Waals surface area (Å²) in [7, 11) is 0. The molecule has 2 unspecified atom stereocenters. The molecule has 3 rings (SSSR count). The van der Waals surface area contributed by atoms with Crippen molar-refractivity contribution in [1.82, 2.24) is 9.80 Å². The maximum absolute atomic E-state index is 13.2. The van der Waals surface area contributed by atoms with Gasteiger partial charge in [0.2, 0.25) is 5.91 Å². The minimum absolute atomic E-state index is 0.0243. The summed E-state index contributed by atoms with van der Waals surface area (Å²) in [5.74, 6) is 0.177. The van der Waals surface area contributed by atoms with E-state index in [0.29, 0.717) is 6.54 Å². The number of carbonyl (C=O) groups is 1. The third-order valence-corrected chi connectivity index (χ3v) is 4.48. The summed E-state index contributed by atoms with van der Waals surface area (Å²) < 4.78 is 13.2. The van der Waals surface area contributed by atoms with Crippen molar-refractivity contribution in [3.63, 3.8) is 0 Å². The van der Waals surface area contributed by atoms with E-state index in [1.54, 1.807) is 6.07 Å². The molecule has 1 heterocycles. The fraction of sp³-hybridized carbons (Fsp3) is 0.562. The Labute approximate surface area is 124 Å². The molecule has 1 aliphatic heterocycles. The summed E-state index contributed by atoms with van der Waals surface area (Å²) in [5.41, 5.74) is 0.937. The highest BCUT2D eigenvalue weighted by Crippen LogP contribution is 2.48. The number of aliphatic hydroxyl groups excluding tert-OH is 1. The Morgan fingerprint density at radius 3 is 2.71 bits per heavy atom. The number of nitrogens with zero attached hydrogens (tertiary/aromatic N) is 2. The van der Waals surface area contributed by atoms with Crippen LogP contribution in [0.4, 0.5) is 4.39 Å². The van der Waals surface area contributed by atoms with Gasteiger partial charge in [-0.15, -0.1) is 0 Å². The van der Waals surface area contributed by atoms with E-state index >= 15 is 0 Å². The minimum Gasteiger partial charge on any atom is -0.395 e. The molecule has 1 aromatic carbocycles. The maximum atomic E-state index is 13.2. The van der Waals surface area contributed by atoms with Crippen LogP contribution >= 0.6 is 0 Å².